The van der Waals surface area contributed by atoms with Gasteiger partial charge in [0, 0.05) is 38.9 Å². The molecule has 0 heterocycles. The lowest BCUT2D eigenvalue weighted by Gasteiger charge is -2.29. The zero-order chi connectivity index (χ0) is 58.3. The zero-order valence-electron chi connectivity index (χ0n) is 51.8. The van der Waals surface area contributed by atoms with Crippen LogP contribution in [0.4, 0.5) is 0 Å². The summed E-state index contributed by atoms with van der Waals surface area (Å²) >= 11 is 0. The Hall–Kier alpha value is -1.42. The molecular weight excluding hydrogens is 997 g/mol. The molecule has 2 unspecified atom stereocenters. The third kappa shape index (κ3) is 59.5. The van der Waals surface area contributed by atoms with Gasteiger partial charge in [0.05, 0.1) is 0 Å². The molecule has 0 saturated carbocycles. The van der Waals surface area contributed by atoms with Crippen molar-refractivity contribution in [1.29, 1.82) is 0 Å². The first-order chi connectivity index (χ1) is 38.0. The molecule has 0 saturated heterocycles. The lowest BCUT2D eigenvalue weighted by atomic mass is 9.98. The maximum atomic E-state index is 12.7. The summed E-state index contributed by atoms with van der Waals surface area (Å²) in [6, 6.07) is 0. The quantitative estimate of drug-likeness (QED) is 0.0203. The smallest absolute Gasteiger partial charge is 0.275 e. The van der Waals surface area contributed by atoms with Gasteiger partial charge in [0.25, 0.3) is 11.9 Å². The van der Waals surface area contributed by atoms with Gasteiger partial charge in [-0.3, -0.25) is 9.59 Å². The van der Waals surface area contributed by atoms with Crippen LogP contribution < -0.4 is 10.6 Å². The van der Waals surface area contributed by atoms with Crippen LogP contribution in [0.25, 0.3) is 0 Å². The Bertz CT molecular complexity index is 1220. The molecule has 472 valence electrons. The molecule has 13 heteroatoms. The second-order valence-electron chi connectivity index (χ2n) is 24.6. The first-order valence-corrected chi connectivity index (χ1v) is 34.0. The largest absolute Gasteiger partial charge is 0.381 e. The molecule has 0 aliphatic carbocycles. The Kier molecular flexibility index (Phi) is 53.5. The number of hydrogen-bond acceptors (Lipinski definition) is 11. The minimum absolute atomic E-state index is 0.0115. The molecule has 79 heavy (non-hydrogen) atoms. The number of unbranched alkanes of at least 4 members (excludes halogenated alkanes) is 42. The molecule has 0 aromatic rings. The molecule has 10 N–H and O–H groups in total. The second-order valence-corrected chi connectivity index (χ2v) is 24.6. The highest BCUT2D eigenvalue weighted by Crippen LogP contribution is 2.23. The SMILES string of the molecule is CCCC(O)(CCCCCCCCCCCCCOCCCCCCCCCCCCCC(O)(CCC)NC(=O)CCCCCCCCCCCCCCC(O)(O)O)NC(=O)CCCCCCCCCCCCCCC(O)(O)O. The lowest BCUT2D eigenvalue weighted by Crippen LogP contribution is -2.48. The molecule has 2 amide bonds. The number of carbonyl (C=O) groups is 2. The summed E-state index contributed by atoms with van der Waals surface area (Å²) in [6.07, 6.45) is 57.9. The van der Waals surface area contributed by atoms with Gasteiger partial charge in [-0.1, -0.05) is 271 Å². The average Bonchev–Trinajstić information content (AvgIpc) is 3.38. The molecule has 13 nitrogen and oxygen atoms in total. The van der Waals surface area contributed by atoms with Crippen LogP contribution in [0.15, 0.2) is 0 Å². The highest BCUT2D eigenvalue weighted by molar-refractivity contribution is 5.76. The van der Waals surface area contributed by atoms with Crippen LogP contribution in [0.3, 0.4) is 0 Å². The van der Waals surface area contributed by atoms with E-state index >= 15 is 0 Å². The summed E-state index contributed by atoms with van der Waals surface area (Å²) in [4.78, 5) is 25.4. The van der Waals surface area contributed by atoms with Gasteiger partial charge < -0.3 is 56.2 Å². The lowest BCUT2D eigenvalue weighted by molar-refractivity contribution is -0.316. The summed E-state index contributed by atoms with van der Waals surface area (Å²) in [5, 5.41) is 81.9. The van der Waals surface area contributed by atoms with Gasteiger partial charge in [-0.15, -0.1) is 0 Å². The van der Waals surface area contributed by atoms with E-state index in [0.717, 1.165) is 129 Å². The number of ether oxygens (including phenoxy) is 1. The van der Waals surface area contributed by atoms with Gasteiger partial charge in [-0.05, 0) is 77.0 Å². The van der Waals surface area contributed by atoms with Gasteiger partial charge in [0.15, 0.2) is 0 Å². The molecule has 0 rings (SSSR count). The van der Waals surface area contributed by atoms with Gasteiger partial charge in [-0.2, -0.15) is 0 Å². The fourth-order valence-corrected chi connectivity index (χ4v) is 11.3. The monoisotopic (exact) mass is 1130 g/mol. The number of rotatable bonds is 64. The normalized spacial score (nSPS) is 13.7. The van der Waals surface area contributed by atoms with Crippen molar-refractivity contribution in [2.45, 2.75) is 397 Å². The van der Waals surface area contributed by atoms with E-state index in [9.17, 15) is 19.8 Å². The number of amides is 2. The molecule has 0 aromatic heterocycles. The summed E-state index contributed by atoms with van der Waals surface area (Å²) in [6.45, 7) is 5.92. The first kappa shape index (κ1) is 77.6. The standard InChI is InChI=1S/C66H132N2O11/c1-3-53-63(71,67-61(69)51-43-35-27-19-11-5-7-15-23-31-39-47-57-65(73,74)75)55-45-37-29-21-13-9-17-25-33-41-49-59-79-60-50-42-34-26-18-10-14-22-30-38-46-56-64(72,54-4-2)68-62(70)52-44-36-28-20-12-6-8-16-24-32-40-48-58-66(76,77)78/h71-78H,3-60H2,1-2H3,(H,67,69)(H,68,70). The third-order valence-electron chi connectivity index (χ3n) is 16.2. The van der Waals surface area contributed by atoms with Crippen LogP contribution in [-0.2, 0) is 14.3 Å². The van der Waals surface area contributed by atoms with Crippen molar-refractivity contribution < 1.29 is 55.2 Å². The highest BCUT2D eigenvalue weighted by Gasteiger charge is 2.28. The molecule has 0 radical (unpaired) electrons. The third-order valence-corrected chi connectivity index (χ3v) is 16.2. The van der Waals surface area contributed by atoms with E-state index < -0.39 is 23.4 Å². The van der Waals surface area contributed by atoms with Crippen LogP contribution in [0.1, 0.15) is 373 Å². The van der Waals surface area contributed by atoms with E-state index in [1.807, 2.05) is 0 Å². The second kappa shape index (κ2) is 54.5. The molecule has 0 aliphatic heterocycles. The first-order valence-electron chi connectivity index (χ1n) is 34.0. The van der Waals surface area contributed by atoms with Crippen molar-refractivity contribution in [1.82, 2.24) is 10.6 Å². The summed E-state index contributed by atoms with van der Waals surface area (Å²) in [7, 11) is 0. The molecule has 0 aromatic carbocycles. The fourth-order valence-electron chi connectivity index (χ4n) is 11.3. The average molecular weight is 1130 g/mol. The van der Waals surface area contributed by atoms with Crippen LogP contribution in [0.2, 0.25) is 0 Å². The van der Waals surface area contributed by atoms with E-state index in [1.165, 1.54) is 180 Å². The Balaban J connectivity index is 3.60. The number of aliphatic hydroxyl groups is 8. The topological polar surface area (TPSA) is 229 Å². The van der Waals surface area contributed by atoms with Crippen LogP contribution in [0, 0.1) is 0 Å². The molecule has 0 spiro atoms. The summed E-state index contributed by atoms with van der Waals surface area (Å²) < 4.78 is 5.93. The number of hydrogen-bond donors (Lipinski definition) is 10. The summed E-state index contributed by atoms with van der Waals surface area (Å²) in [5.41, 5.74) is -2.15. The minimum Gasteiger partial charge on any atom is -0.381 e. The Labute approximate surface area is 485 Å². The Morgan fingerprint density at radius 1 is 0.266 bits per heavy atom. The van der Waals surface area contributed by atoms with Gasteiger partial charge in [0.1, 0.15) is 11.4 Å². The number of nitrogens with one attached hydrogen (secondary N) is 2. The van der Waals surface area contributed by atoms with Crippen molar-refractivity contribution in [2.24, 2.45) is 0 Å². The van der Waals surface area contributed by atoms with E-state index in [0.29, 0.717) is 51.4 Å². The predicted molar refractivity (Wildman–Crippen MR) is 326 cm³/mol. The Morgan fingerprint density at radius 2 is 0.456 bits per heavy atom. The maximum Gasteiger partial charge on any atom is 0.275 e. The van der Waals surface area contributed by atoms with Crippen molar-refractivity contribution in [3.63, 3.8) is 0 Å². The predicted octanol–water partition coefficient (Wildman–Crippen LogP) is 15.8. The Morgan fingerprint density at radius 3 is 0.671 bits per heavy atom. The van der Waals surface area contributed by atoms with E-state index in [4.69, 9.17) is 35.4 Å². The highest BCUT2D eigenvalue weighted by atomic mass is 16.7. The molecule has 2 atom stereocenters. The van der Waals surface area contributed by atoms with Crippen molar-refractivity contribution >= 4 is 11.8 Å². The van der Waals surface area contributed by atoms with Crippen molar-refractivity contribution in [2.75, 3.05) is 13.2 Å². The van der Waals surface area contributed by atoms with Crippen LogP contribution in [0.5, 0.6) is 0 Å². The summed E-state index contributed by atoms with van der Waals surface area (Å²) in [5.74, 6) is -5.07. The van der Waals surface area contributed by atoms with Gasteiger partial charge in [0.2, 0.25) is 11.8 Å². The minimum atomic E-state index is -2.52. The fraction of sp³-hybridized carbons (Fsp3) is 0.970. The van der Waals surface area contributed by atoms with Crippen molar-refractivity contribution in [3.8, 4) is 0 Å². The van der Waals surface area contributed by atoms with E-state index in [2.05, 4.69) is 24.5 Å². The molecule has 0 bridgehead atoms. The van der Waals surface area contributed by atoms with Crippen LogP contribution in [-0.4, -0.2) is 89.3 Å². The van der Waals surface area contributed by atoms with Crippen molar-refractivity contribution in [3.05, 3.63) is 0 Å². The zero-order valence-corrected chi connectivity index (χ0v) is 51.8. The van der Waals surface area contributed by atoms with Crippen LogP contribution >= 0.6 is 0 Å². The van der Waals surface area contributed by atoms with Gasteiger partial charge in [-0.25, -0.2) is 0 Å². The van der Waals surface area contributed by atoms with E-state index in [1.54, 1.807) is 0 Å². The maximum absolute atomic E-state index is 12.7. The number of carbonyl (C=O) groups excluding carboxylic acids is 2. The van der Waals surface area contributed by atoms with Gasteiger partial charge >= 0.3 is 0 Å². The molecule has 0 fully saturated rings. The molecule has 0 aliphatic rings. The molecular formula is C66H132N2O11. The van der Waals surface area contributed by atoms with E-state index in [-0.39, 0.29) is 24.7 Å².